The summed E-state index contributed by atoms with van der Waals surface area (Å²) < 4.78 is 0. The summed E-state index contributed by atoms with van der Waals surface area (Å²) in [5.41, 5.74) is 3.62. The highest BCUT2D eigenvalue weighted by atomic mass is 35.5. The van der Waals surface area contributed by atoms with Crippen molar-refractivity contribution in [2.75, 3.05) is 12.4 Å². The largest absolute Gasteiger partial charge is 0.373 e. The first-order valence-corrected chi connectivity index (χ1v) is 8.14. The summed E-state index contributed by atoms with van der Waals surface area (Å²) >= 11 is 5.98. The van der Waals surface area contributed by atoms with E-state index in [0.717, 1.165) is 27.8 Å². The first-order valence-electron chi connectivity index (χ1n) is 7.76. The van der Waals surface area contributed by atoms with Gasteiger partial charge in [0.15, 0.2) is 5.82 Å². The lowest BCUT2D eigenvalue weighted by Crippen LogP contribution is -2.00. The van der Waals surface area contributed by atoms with Gasteiger partial charge in [0.1, 0.15) is 11.5 Å². The van der Waals surface area contributed by atoms with Crippen LogP contribution >= 0.6 is 11.6 Å². The van der Waals surface area contributed by atoms with Crippen LogP contribution in [0.3, 0.4) is 0 Å². The van der Waals surface area contributed by atoms with Crippen molar-refractivity contribution in [3.05, 3.63) is 66.1 Å². The second-order valence-electron chi connectivity index (χ2n) is 5.48. The van der Waals surface area contributed by atoms with Crippen LogP contribution in [0.2, 0.25) is 5.02 Å². The zero-order valence-corrected chi connectivity index (χ0v) is 14.2. The average Bonchev–Trinajstić information content (AvgIpc) is 2.68. The van der Waals surface area contributed by atoms with Gasteiger partial charge in [-0.1, -0.05) is 29.8 Å². The maximum atomic E-state index is 5.98. The van der Waals surface area contributed by atoms with E-state index in [1.165, 1.54) is 0 Å². The Balaban J connectivity index is 1.89. The molecule has 0 amide bonds. The van der Waals surface area contributed by atoms with E-state index in [1.807, 2.05) is 43.4 Å². The molecule has 0 saturated carbocycles. The topological polar surface area (TPSA) is 63.6 Å². The van der Waals surface area contributed by atoms with Crippen molar-refractivity contribution in [3.8, 4) is 22.6 Å². The Kier molecular flexibility index (Phi) is 3.99. The highest BCUT2D eigenvalue weighted by molar-refractivity contribution is 6.30. The maximum Gasteiger partial charge on any atom is 0.182 e. The zero-order chi connectivity index (χ0) is 17.2. The van der Waals surface area contributed by atoms with E-state index in [-0.39, 0.29) is 0 Å². The van der Waals surface area contributed by atoms with Gasteiger partial charge in [0.05, 0.1) is 11.7 Å². The van der Waals surface area contributed by atoms with Gasteiger partial charge in [0, 0.05) is 29.9 Å². The molecule has 0 atom stereocenters. The fourth-order valence-electron chi connectivity index (χ4n) is 2.67. The number of hydrogen-bond acceptors (Lipinski definition) is 5. The normalized spacial score (nSPS) is 10.8. The minimum absolute atomic E-state index is 0.540. The maximum absolute atomic E-state index is 5.98. The summed E-state index contributed by atoms with van der Waals surface area (Å²) in [6, 6.07) is 13.9. The molecule has 0 spiro atoms. The van der Waals surface area contributed by atoms with Crippen LogP contribution in [0, 0.1) is 0 Å². The molecular weight excluding hydrogens is 334 g/mol. The standard InChI is InChI=1S/C19H14ClN5/c1-21-18-15-7-4-13(12-2-5-14(20)6-3-12)10-16(15)24-19(25-18)17-11-22-8-9-23-17/h2-11H,1H3,(H,21,24,25). The van der Waals surface area contributed by atoms with Gasteiger partial charge < -0.3 is 5.32 Å². The Hall–Kier alpha value is -3.05. The minimum Gasteiger partial charge on any atom is -0.373 e. The van der Waals surface area contributed by atoms with Crippen molar-refractivity contribution in [2.24, 2.45) is 0 Å². The molecule has 5 nitrogen and oxygen atoms in total. The smallest absolute Gasteiger partial charge is 0.182 e. The molecule has 0 fully saturated rings. The van der Waals surface area contributed by atoms with Crippen molar-refractivity contribution in [2.45, 2.75) is 0 Å². The number of nitrogens with one attached hydrogen (secondary N) is 1. The lowest BCUT2D eigenvalue weighted by Gasteiger charge is -2.09. The second kappa shape index (κ2) is 6.45. The molecule has 4 aromatic rings. The molecule has 0 aliphatic rings. The third-order valence-corrected chi connectivity index (χ3v) is 4.16. The number of hydrogen-bond donors (Lipinski definition) is 1. The molecule has 2 aromatic heterocycles. The Labute approximate surface area is 149 Å². The minimum atomic E-state index is 0.540. The first kappa shape index (κ1) is 15.5. The molecule has 2 heterocycles. The van der Waals surface area contributed by atoms with Gasteiger partial charge >= 0.3 is 0 Å². The predicted molar refractivity (Wildman–Crippen MR) is 101 cm³/mol. The highest BCUT2D eigenvalue weighted by Crippen LogP contribution is 2.29. The summed E-state index contributed by atoms with van der Waals surface area (Å²) in [6.45, 7) is 0. The van der Waals surface area contributed by atoms with Gasteiger partial charge in [0.25, 0.3) is 0 Å². The Morgan fingerprint density at radius 2 is 1.72 bits per heavy atom. The lowest BCUT2D eigenvalue weighted by atomic mass is 10.0. The molecule has 0 unspecified atom stereocenters. The van der Waals surface area contributed by atoms with Crippen molar-refractivity contribution < 1.29 is 0 Å². The molecule has 0 bridgehead atoms. The summed E-state index contributed by atoms with van der Waals surface area (Å²) in [5.74, 6) is 1.30. The number of fused-ring (bicyclic) bond motifs is 1. The Bertz CT molecular complexity index is 1030. The number of rotatable bonds is 3. The predicted octanol–water partition coefficient (Wildman–Crippen LogP) is 4.45. The van der Waals surface area contributed by atoms with E-state index in [9.17, 15) is 0 Å². The van der Waals surface area contributed by atoms with Gasteiger partial charge in [-0.3, -0.25) is 4.98 Å². The molecule has 0 aliphatic heterocycles. The van der Waals surface area contributed by atoms with Crippen LogP contribution in [-0.4, -0.2) is 27.0 Å². The van der Waals surface area contributed by atoms with E-state index in [2.05, 4.69) is 31.3 Å². The van der Waals surface area contributed by atoms with Crippen LogP contribution in [-0.2, 0) is 0 Å². The van der Waals surface area contributed by atoms with Gasteiger partial charge in [-0.2, -0.15) is 0 Å². The van der Waals surface area contributed by atoms with Crippen molar-refractivity contribution in [1.82, 2.24) is 19.9 Å². The number of benzene rings is 2. The molecule has 4 rings (SSSR count). The van der Waals surface area contributed by atoms with Gasteiger partial charge in [-0.15, -0.1) is 0 Å². The van der Waals surface area contributed by atoms with Crippen LogP contribution in [0.5, 0.6) is 0 Å². The molecule has 6 heteroatoms. The molecule has 0 radical (unpaired) electrons. The molecule has 122 valence electrons. The van der Waals surface area contributed by atoms with E-state index in [0.29, 0.717) is 16.5 Å². The Morgan fingerprint density at radius 3 is 2.44 bits per heavy atom. The van der Waals surface area contributed by atoms with Crippen LogP contribution < -0.4 is 5.32 Å². The average molecular weight is 348 g/mol. The monoisotopic (exact) mass is 347 g/mol. The quantitative estimate of drug-likeness (QED) is 0.593. The van der Waals surface area contributed by atoms with Crippen molar-refractivity contribution in [1.29, 1.82) is 0 Å². The fourth-order valence-corrected chi connectivity index (χ4v) is 2.80. The molecule has 1 N–H and O–H groups in total. The van der Waals surface area contributed by atoms with E-state index in [4.69, 9.17) is 11.6 Å². The number of nitrogens with zero attached hydrogens (tertiary/aromatic N) is 4. The second-order valence-corrected chi connectivity index (χ2v) is 5.91. The van der Waals surface area contributed by atoms with E-state index >= 15 is 0 Å². The van der Waals surface area contributed by atoms with Crippen molar-refractivity contribution in [3.63, 3.8) is 0 Å². The highest BCUT2D eigenvalue weighted by Gasteiger charge is 2.11. The molecule has 0 aliphatic carbocycles. The van der Waals surface area contributed by atoms with E-state index in [1.54, 1.807) is 18.6 Å². The third kappa shape index (κ3) is 3.02. The van der Waals surface area contributed by atoms with Crippen LogP contribution in [0.25, 0.3) is 33.5 Å². The van der Waals surface area contributed by atoms with Crippen LogP contribution in [0.15, 0.2) is 61.1 Å². The number of aromatic nitrogens is 4. The third-order valence-electron chi connectivity index (χ3n) is 3.90. The fraction of sp³-hybridized carbons (Fsp3) is 0.0526. The molecular formula is C19H14ClN5. The summed E-state index contributed by atoms with van der Waals surface area (Å²) in [6.07, 6.45) is 4.91. The summed E-state index contributed by atoms with van der Waals surface area (Å²) in [4.78, 5) is 17.6. The van der Waals surface area contributed by atoms with Gasteiger partial charge in [-0.25, -0.2) is 15.0 Å². The Morgan fingerprint density at radius 1 is 0.920 bits per heavy atom. The molecule has 2 aromatic carbocycles. The summed E-state index contributed by atoms with van der Waals surface area (Å²) in [7, 11) is 1.84. The molecule has 25 heavy (non-hydrogen) atoms. The summed E-state index contributed by atoms with van der Waals surface area (Å²) in [5, 5.41) is 4.80. The first-order chi connectivity index (χ1) is 12.2. The number of anilines is 1. The van der Waals surface area contributed by atoms with Crippen molar-refractivity contribution >= 4 is 28.3 Å². The van der Waals surface area contributed by atoms with Crippen LogP contribution in [0.1, 0.15) is 0 Å². The van der Waals surface area contributed by atoms with E-state index < -0.39 is 0 Å². The SMILES string of the molecule is CNc1nc(-c2cnccn2)nc2cc(-c3ccc(Cl)cc3)ccc12. The zero-order valence-electron chi connectivity index (χ0n) is 13.4. The molecule has 0 saturated heterocycles. The van der Waals surface area contributed by atoms with Gasteiger partial charge in [0.2, 0.25) is 0 Å². The number of halogens is 1. The van der Waals surface area contributed by atoms with Gasteiger partial charge in [-0.05, 0) is 35.4 Å². The lowest BCUT2D eigenvalue weighted by molar-refractivity contribution is 1.13. The van der Waals surface area contributed by atoms with Crippen LogP contribution in [0.4, 0.5) is 5.82 Å².